The first-order valence-corrected chi connectivity index (χ1v) is 11.6. The van der Waals surface area contributed by atoms with Gasteiger partial charge in [-0.1, -0.05) is 25.7 Å². The highest BCUT2D eigenvalue weighted by molar-refractivity contribution is 14.0. The summed E-state index contributed by atoms with van der Waals surface area (Å²) >= 11 is 0. The van der Waals surface area contributed by atoms with Crippen molar-refractivity contribution in [2.24, 2.45) is 10.9 Å². The van der Waals surface area contributed by atoms with Gasteiger partial charge >= 0.3 is 0 Å². The Morgan fingerprint density at radius 1 is 1.23 bits per heavy atom. The Hall–Kier alpha value is -0.0900. The van der Waals surface area contributed by atoms with Crippen LogP contribution in [0.15, 0.2) is 4.99 Å². The number of rotatable bonds is 3. The summed E-state index contributed by atoms with van der Waals surface area (Å²) in [5, 5.41) is 13.4. The van der Waals surface area contributed by atoms with Gasteiger partial charge in [0.1, 0.15) is 0 Å². The van der Waals surface area contributed by atoms with Gasteiger partial charge in [-0.2, -0.15) is 0 Å². The van der Waals surface area contributed by atoms with Gasteiger partial charge in [0.05, 0.1) is 16.6 Å². The maximum absolute atomic E-state index is 12.8. The second-order valence-corrected chi connectivity index (χ2v) is 10.4. The Balaban J connectivity index is 0.00000243. The quantitative estimate of drug-likeness (QED) is 0.354. The molecule has 26 heavy (non-hydrogen) atoms. The summed E-state index contributed by atoms with van der Waals surface area (Å²) in [5.41, 5.74) is 0. The van der Waals surface area contributed by atoms with E-state index in [0.717, 1.165) is 63.9 Å². The van der Waals surface area contributed by atoms with Crippen LogP contribution in [0.4, 0.5) is 0 Å². The molecule has 6 nitrogen and oxygen atoms in total. The largest absolute Gasteiger partial charge is 0.393 e. The summed E-state index contributed by atoms with van der Waals surface area (Å²) in [4.78, 5) is 6.92. The third-order valence-electron chi connectivity index (χ3n) is 6.26. The number of aliphatic hydroxyl groups is 1. The lowest BCUT2D eigenvalue weighted by molar-refractivity contribution is 0.136. The fourth-order valence-corrected chi connectivity index (χ4v) is 6.83. The molecule has 1 aliphatic heterocycles. The molecule has 3 fully saturated rings. The monoisotopic (exact) mass is 499 g/mol. The molecular formula is C18H34IN3O3S. The van der Waals surface area contributed by atoms with E-state index in [0.29, 0.717) is 19.6 Å². The molecule has 3 aliphatic rings. The van der Waals surface area contributed by atoms with E-state index in [9.17, 15) is 13.5 Å². The molecule has 0 radical (unpaired) electrons. The molecule has 1 spiro atoms. The summed E-state index contributed by atoms with van der Waals surface area (Å²) in [6, 6.07) is 0. The molecule has 2 unspecified atom stereocenters. The van der Waals surface area contributed by atoms with Gasteiger partial charge in [-0.3, -0.25) is 4.99 Å². The number of guanidine groups is 1. The SMILES string of the molecule is CCNC(=NCC1CCCC1O)N1CCS(=O)(=O)C2(CCCCC2)C1.I. The highest BCUT2D eigenvalue weighted by atomic mass is 127. The van der Waals surface area contributed by atoms with Gasteiger partial charge in [-0.05, 0) is 32.6 Å². The van der Waals surface area contributed by atoms with Crippen LogP contribution < -0.4 is 5.32 Å². The standard InChI is InChI=1S/C18H33N3O3S.HI/c1-2-19-17(20-13-15-7-6-8-16(15)22)21-11-12-25(23,24)18(14-21)9-4-3-5-10-18;/h15-16,22H,2-14H2,1H3,(H,19,20);1H. The summed E-state index contributed by atoms with van der Waals surface area (Å²) < 4.78 is 25.0. The molecule has 8 heteroatoms. The summed E-state index contributed by atoms with van der Waals surface area (Å²) in [7, 11) is -3.03. The zero-order chi connectivity index (χ0) is 17.9. The molecule has 2 saturated carbocycles. The van der Waals surface area contributed by atoms with Crippen LogP contribution in [0.2, 0.25) is 0 Å². The van der Waals surface area contributed by atoms with Gasteiger partial charge < -0.3 is 15.3 Å². The molecule has 1 heterocycles. The minimum absolute atomic E-state index is 0. The van der Waals surface area contributed by atoms with Crippen LogP contribution in [0.25, 0.3) is 0 Å². The van der Waals surface area contributed by atoms with E-state index in [1.54, 1.807) is 0 Å². The number of halogens is 1. The molecule has 2 atom stereocenters. The Kier molecular flexibility index (Phi) is 8.03. The summed E-state index contributed by atoms with van der Waals surface area (Å²) in [5.74, 6) is 1.29. The Morgan fingerprint density at radius 2 is 1.96 bits per heavy atom. The van der Waals surface area contributed by atoms with Crippen LogP contribution in [-0.4, -0.2) is 67.2 Å². The molecule has 152 valence electrons. The van der Waals surface area contributed by atoms with E-state index in [2.05, 4.69) is 10.2 Å². The number of nitrogens with one attached hydrogen (secondary N) is 1. The molecule has 0 aromatic rings. The average molecular weight is 499 g/mol. The fourth-order valence-electron chi connectivity index (χ4n) is 4.68. The molecule has 0 aromatic carbocycles. The number of sulfone groups is 1. The van der Waals surface area contributed by atoms with E-state index in [4.69, 9.17) is 4.99 Å². The lowest BCUT2D eigenvalue weighted by Crippen LogP contribution is -2.60. The van der Waals surface area contributed by atoms with Crippen molar-refractivity contribution in [3.8, 4) is 0 Å². The molecule has 1 saturated heterocycles. The van der Waals surface area contributed by atoms with Crippen molar-refractivity contribution in [2.45, 2.75) is 69.1 Å². The number of aliphatic hydroxyl groups excluding tert-OH is 1. The van der Waals surface area contributed by atoms with Crippen LogP contribution in [-0.2, 0) is 9.84 Å². The third kappa shape index (κ3) is 4.66. The van der Waals surface area contributed by atoms with E-state index in [-0.39, 0.29) is 41.8 Å². The van der Waals surface area contributed by atoms with Crippen LogP contribution in [0, 0.1) is 5.92 Å². The second-order valence-electron chi connectivity index (χ2n) is 7.94. The Morgan fingerprint density at radius 3 is 2.58 bits per heavy atom. The summed E-state index contributed by atoms with van der Waals surface area (Å²) in [6.45, 7) is 4.51. The van der Waals surface area contributed by atoms with Gasteiger partial charge in [0.15, 0.2) is 15.8 Å². The number of nitrogens with zero attached hydrogens (tertiary/aromatic N) is 2. The van der Waals surface area contributed by atoms with Gasteiger partial charge in [-0.25, -0.2) is 8.42 Å². The minimum atomic E-state index is -3.03. The molecule has 2 N–H and O–H groups in total. The lowest BCUT2D eigenvalue weighted by atomic mass is 9.87. The predicted molar refractivity (Wildman–Crippen MR) is 116 cm³/mol. The molecule has 0 bridgehead atoms. The Bertz CT molecular complexity index is 590. The predicted octanol–water partition coefficient (Wildman–Crippen LogP) is 2.16. The maximum Gasteiger partial charge on any atom is 0.194 e. The van der Waals surface area contributed by atoms with Crippen molar-refractivity contribution in [1.82, 2.24) is 10.2 Å². The number of aliphatic imine (C=N–C) groups is 1. The first-order valence-electron chi connectivity index (χ1n) is 9.91. The smallest absolute Gasteiger partial charge is 0.194 e. The maximum atomic E-state index is 12.8. The van der Waals surface area contributed by atoms with Crippen LogP contribution >= 0.6 is 24.0 Å². The summed E-state index contributed by atoms with van der Waals surface area (Å²) in [6.07, 6.45) is 7.47. The normalized spacial score (nSPS) is 30.8. The second kappa shape index (κ2) is 9.41. The van der Waals surface area contributed by atoms with Crippen molar-refractivity contribution >= 4 is 39.8 Å². The first kappa shape index (κ1) is 22.2. The fraction of sp³-hybridized carbons (Fsp3) is 0.944. The van der Waals surface area contributed by atoms with Gasteiger partial charge in [0.2, 0.25) is 0 Å². The van der Waals surface area contributed by atoms with E-state index in [1.807, 2.05) is 6.92 Å². The van der Waals surface area contributed by atoms with Crippen LogP contribution in [0.3, 0.4) is 0 Å². The number of hydrogen-bond acceptors (Lipinski definition) is 4. The molecule has 2 aliphatic carbocycles. The van der Waals surface area contributed by atoms with Crippen molar-refractivity contribution in [3.05, 3.63) is 0 Å². The van der Waals surface area contributed by atoms with Gasteiger partial charge in [-0.15, -0.1) is 24.0 Å². The average Bonchev–Trinajstić information content (AvgIpc) is 3.00. The van der Waals surface area contributed by atoms with E-state index < -0.39 is 14.6 Å². The highest BCUT2D eigenvalue weighted by Gasteiger charge is 2.48. The van der Waals surface area contributed by atoms with Crippen molar-refractivity contribution < 1.29 is 13.5 Å². The minimum Gasteiger partial charge on any atom is -0.393 e. The van der Waals surface area contributed by atoms with E-state index >= 15 is 0 Å². The Labute approximate surface area is 175 Å². The zero-order valence-corrected chi connectivity index (χ0v) is 19.0. The van der Waals surface area contributed by atoms with Crippen molar-refractivity contribution in [1.29, 1.82) is 0 Å². The van der Waals surface area contributed by atoms with Gasteiger partial charge in [0.25, 0.3) is 0 Å². The number of hydrogen-bond donors (Lipinski definition) is 2. The first-order chi connectivity index (χ1) is 12.0. The topological polar surface area (TPSA) is 82.0 Å². The highest BCUT2D eigenvalue weighted by Crippen LogP contribution is 2.38. The van der Waals surface area contributed by atoms with Crippen LogP contribution in [0.1, 0.15) is 58.3 Å². The van der Waals surface area contributed by atoms with Crippen molar-refractivity contribution in [3.63, 3.8) is 0 Å². The molecule has 3 rings (SSSR count). The van der Waals surface area contributed by atoms with Gasteiger partial charge in [0, 0.05) is 32.1 Å². The zero-order valence-electron chi connectivity index (χ0n) is 15.8. The molecule has 0 aromatic heterocycles. The van der Waals surface area contributed by atoms with Crippen molar-refractivity contribution in [2.75, 3.05) is 31.9 Å². The molecular weight excluding hydrogens is 465 g/mol. The van der Waals surface area contributed by atoms with E-state index in [1.165, 1.54) is 0 Å². The third-order valence-corrected chi connectivity index (χ3v) is 8.84. The lowest BCUT2D eigenvalue weighted by Gasteiger charge is -2.45. The van der Waals surface area contributed by atoms with Crippen LogP contribution in [0.5, 0.6) is 0 Å². The molecule has 0 amide bonds.